The number of rotatable bonds is 4. The van der Waals surface area contributed by atoms with Crippen LogP contribution in [0.5, 0.6) is 0 Å². The second kappa shape index (κ2) is 5.99. The Morgan fingerprint density at radius 2 is 1.89 bits per heavy atom. The summed E-state index contributed by atoms with van der Waals surface area (Å²) in [6.45, 7) is -0.252. The molecule has 2 N–H and O–H groups in total. The molecule has 2 rings (SSSR count). The summed E-state index contributed by atoms with van der Waals surface area (Å²) >= 11 is 5.85. The van der Waals surface area contributed by atoms with E-state index in [-0.39, 0.29) is 6.61 Å². The fourth-order valence-corrected chi connectivity index (χ4v) is 1.93. The molecule has 0 radical (unpaired) electrons. The van der Waals surface area contributed by atoms with Gasteiger partial charge in [0.05, 0.1) is 12.6 Å². The number of benzene rings is 2. The average molecular weight is 284 g/mol. The fraction of sp³-hybridized carbons (Fsp3) is 0.143. The van der Waals surface area contributed by atoms with E-state index in [1.165, 1.54) is 6.07 Å². The van der Waals surface area contributed by atoms with Gasteiger partial charge < -0.3 is 10.4 Å². The lowest BCUT2D eigenvalue weighted by atomic mass is 10.1. The fourth-order valence-electron chi connectivity index (χ4n) is 1.74. The Kier molecular flexibility index (Phi) is 4.35. The van der Waals surface area contributed by atoms with Gasteiger partial charge in [-0.3, -0.25) is 0 Å². The van der Waals surface area contributed by atoms with Crippen molar-refractivity contribution in [2.24, 2.45) is 0 Å². The molecule has 0 spiro atoms. The van der Waals surface area contributed by atoms with Gasteiger partial charge in [-0.05, 0) is 35.9 Å². The molecule has 2 aromatic carbocycles. The van der Waals surface area contributed by atoms with Crippen molar-refractivity contribution in [2.45, 2.75) is 6.04 Å². The van der Waals surface area contributed by atoms with Gasteiger partial charge in [-0.15, -0.1) is 0 Å². The van der Waals surface area contributed by atoms with Gasteiger partial charge in [0.1, 0.15) is 0 Å². The molecule has 1 unspecified atom stereocenters. The molecule has 0 aromatic heterocycles. The quantitative estimate of drug-likeness (QED) is 0.895. The van der Waals surface area contributed by atoms with Crippen LogP contribution in [-0.4, -0.2) is 11.7 Å². The molecule has 0 heterocycles. The lowest BCUT2D eigenvalue weighted by Crippen LogP contribution is -2.15. The van der Waals surface area contributed by atoms with Gasteiger partial charge in [-0.1, -0.05) is 23.7 Å². The second-order valence-electron chi connectivity index (χ2n) is 4.06. The van der Waals surface area contributed by atoms with Crippen molar-refractivity contribution in [1.82, 2.24) is 0 Å². The van der Waals surface area contributed by atoms with Crippen molar-refractivity contribution < 1.29 is 13.9 Å². The molecule has 2 nitrogen and oxygen atoms in total. The van der Waals surface area contributed by atoms with Gasteiger partial charge in [0.2, 0.25) is 0 Å². The van der Waals surface area contributed by atoms with E-state index in [9.17, 15) is 13.9 Å². The highest BCUT2D eigenvalue weighted by atomic mass is 35.5. The van der Waals surface area contributed by atoms with Gasteiger partial charge in [0, 0.05) is 10.7 Å². The topological polar surface area (TPSA) is 32.3 Å². The van der Waals surface area contributed by atoms with Gasteiger partial charge >= 0.3 is 0 Å². The van der Waals surface area contributed by atoms with Crippen LogP contribution in [0.1, 0.15) is 11.6 Å². The Balaban J connectivity index is 2.22. The lowest BCUT2D eigenvalue weighted by Gasteiger charge is -2.18. The highest BCUT2D eigenvalue weighted by molar-refractivity contribution is 6.30. The normalized spacial score (nSPS) is 12.2. The second-order valence-corrected chi connectivity index (χ2v) is 4.50. The molecule has 0 fully saturated rings. The van der Waals surface area contributed by atoms with Crippen LogP contribution in [0.2, 0.25) is 5.02 Å². The van der Waals surface area contributed by atoms with Crippen molar-refractivity contribution in [1.29, 1.82) is 0 Å². The van der Waals surface area contributed by atoms with Gasteiger partial charge in [-0.2, -0.15) is 0 Å². The monoisotopic (exact) mass is 283 g/mol. The minimum atomic E-state index is -0.941. The predicted octanol–water partition coefficient (Wildman–Crippen LogP) is 3.76. The molecular weight excluding hydrogens is 272 g/mol. The minimum absolute atomic E-state index is 0.252. The summed E-state index contributed by atoms with van der Waals surface area (Å²) in [5.74, 6) is -1.85. The molecule has 0 saturated carbocycles. The van der Waals surface area contributed by atoms with E-state index in [1.54, 1.807) is 24.3 Å². The first kappa shape index (κ1) is 13.8. The summed E-state index contributed by atoms with van der Waals surface area (Å²) in [4.78, 5) is 0. The van der Waals surface area contributed by atoms with E-state index >= 15 is 0 Å². The summed E-state index contributed by atoms with van der Waals surface area (Å²) in [6, 6.07) is 9.92. The smallest absolute Gasteiger partial charge is 0.159 e. The van der Waals surface area contributed by atoms with Gasteiger partial charge in [0.15, 0.2) is 11.6 Å². The molecule has 0 saturated heterocycles. The number of halogens is 3. The first-order valence-electron chi connectivity index (χ1n) is 5.68. The SMILES string of the molecule is OCC(Nc1cccc(Cl)c1)c1ccc(F)c(F)c1. The highest BCUT2D eigenvalue weighted by Crippen LogP contribution is 2.23. The van der Waals surface area contributed by atoms with Crippen LogP contribution in [0, 0.1) is 11.6 Å². The zero-order valence-electron chi connectivity index (χ0n) is 9.91. The maximum absolute atomic E-state index is 13.2. The molecule has 0 aliphatic heterocycles. The van der Waals surface area contributed by atoms with Crippen LogP contribution in [0.25, 0.3) is 0 Å². The molecule has 5 heteroatoms. The Morgan fingerprint density at radius 1 is 1.11 bits per heavy atom. The summed E-state index contributed by atoms with van der Waals surface area (Å²) in [5.41, 5.74) is 1.15. The van der Waals surface area contributed by atoms with Gasteiger partial charge in [-0.25, -0.2) is 8.78 Å². The third kappa shape index (κ3) is 3.43. The lowest BCUT2D eigenvalue weighted by molar-refractivity contribution is 0.276. The predicted molar refractivity (Wildman–Crippen MR) is 71.3 cm³/mol. The van der Waals surface area contributed by atoms with Crippen LogP contribution in [0.4, 0.5) is 14.5 Å². The average Bonchev–Trinajstić information content (AvgIpc) is 2.39. The number of hydrogen-bond acceptors (Lipinski definition) is 2. The maximum atomic E-state index is 13.2. The first-order chi connectivity index (χ1) is 9.10. The standard InChI is InChI=1S/C14H12ClF2NO/c15-10-2-1-3-11(7-10)18-14(8-19)9-4-5-12(16)13(17)6-9/h1-7,14,18-19H,8H2. The van der Waals surface area contributed by atoms with Crippen LogP contribution in [0.15, 0.2) is 42.5 Å². The molecule has 19 heavy (non-hydrogen) atoms. The van der Waals surface area contributed by atoms with Crippen molar-refractivity contribution >= 4 is 17.3 Å². The minimum Gasteiger partial charge on any atom is -0.394 e. The molecule has 0 amide bonds. The molecular formula is C14H12ClF2NO. The molecule has 1 atom stereocenters. The molecule has 0 aliphatic carbocycles. The van der Waals surface area contributed by atoms with Crippen molar-refractivity contribution in [3.63, 3.8) is 0 Å². The van der Waals surface area contributed by atoms with Crippen molar-refractivity contribution in [3.05, 3.63) is 64.7 Å². The van der Waals surface area contributed by atoms with Gasteiger partial charge in [0.25, 0.3) is 0 Å². The third-order valence-corrected chi connectivity index (χ3v) is 2.93. The van der Waals surface area contributed by atoms with E-state index in [0.29, 0.717) is 16.3 Å². The van der Waals surface area contributed by atoms with E-state index in [2.05, 4.69) is 5.32 Å². The Hall–Kier alpha value is -1.65. The third-order valence-electron chi connectivity index (χ3n) is 2.69. The number of anilines is 1. The molecule has 100 valence electrons. The Morgan fingerprint density at radius 3 is 2.53 bits per heavy atom. The van der Waals surface area contributed by atoms with Crippen LogP contribution >= 0.6 is 11.6 Å². The molecule has 2 aromatic rings. The van der Waals surface area contributed by atoms with Crippen molar-refractivity contribution in [3.8, 4) is 0 Å². The number of aliphatic hydroxyl groups is 1. The summed E-state index contributed by atoms with van der Waals surface area (Å²) in [7, 11) is 0. The van der Waals surface area contributed by atoms with Crippen LogP contribution < -0.4 is 5.32 Å². The number of nitrogens with one attached hydrogen (secondary N) is 1. The first-order valence-corrected chi connectivity index (χ1v) is 6.06. The van der Waals surface area contributed by atoms with Crippen molar-refractivity contribution in [2.75, 3.05) is 11.9 Å². The molecule has 0 bridgehead atoms. The number of aliphatic hydroxyl groups excluding tert-OH is 1. The maximum Gasteiger partial charge on any atom is 0.159 e. The summed E-state index contributed by atoms with van der Waals surface area (Å²) < 4.78 is 26.0. The van der Waals surface area contributed by atoms with Crippen LogP contribution in [-0.2, 0) is 0 Å². The molecule has 0 aliphatic rings. The Labute approximate surface area is 114 Å². The van der Waals surface area contributed by atoms with E-state index in [4.69, 9.17) is 11.6 Å². The number of hydrogen-bond donors (Lipinski definition) is 2. The summed E-state index contributed by atoms with van der Waals surface area (Å²) in [5, 5.41) is 12.9. The summed E-state index contributed by atoms with van der Waals surface area (Å²) in [6.07, 6.45) is 0. The largest absolute Gasteiger partial charge is 0.394 e. The van der Waals surface area contributed by atoms with E-state index < -0.39 is 17.7 Å². The van der Waals surface area contributed by atoms with E-state index in [0.717, 1.165) is 12.1 Å². The highest BCUT2D eigenvalue weighted by Gasteiger charge is 2.13. The Bertz CT molecular complexity index is 577. The zero-order valence-corrected chi connectivity index (χ0v) is 10.7. The van der Waals surface area contributed by atoms with Crippen LogP contribution in [0.3, 0.4) is 0 Å². The van der Waals surface area contributed by atoms with E-state index in [1.807, 2.05) is 0 Å². The zero-order chi connectivity index (χ0) is 13.8.